The second kappa shape index (κ2) is 4.82. The number of benzene rings is 2. The first kappa shape index (κ1) is 10.7. The highest BCUT2D eigenvalue weighted by molar-refractivity contribution is 8.03. The lowest BCUT2D eigenvalue weighted by atomic mass is 10.1. The molecule has 0 radical (unpaired) electrons. The third-order valence-corrected chi connectivity index (χ3v) is 2.80. The molecule has 78 valence electrons. The van der Waals surface area contributed by atoms with Crippen LogP contribution in [-0.4, -0.2) is 0 Å². The van der Waals surface area contributed by atoms with Crippen molar-refractivity contribution >= 4 is 11.8 Å². The summed E-state index contributed by atoms with van der Waals surface area (Å²) in [5.74, 6) is -0.233. The van der Waals surface area contributed by atoms with Gasteiger partial charge in [-0.2, -0.15) is 5.26 Å². The van der Waals surface area contributed by atoms with Crippen molar-refractivity contribution in [1.29, 1.82) is 5.26 Å². The van der Waals surface area contributed by atoms with Crippen LogP contribution in [0.1, 0.15) is 0 Å². The van der Waals surface area contributed by atoms with E-state index < -0.39 is 0 Å². The van der Waals surface area contributed by atoms with E-state index >= 15 is 0 Å². The molecule has 0 saturated heterocycles. The molecule has 16 heavy (non-hydrogen) atoms. The fourth-order valence-corrected chi connectivity index (χ4v) is 1.83. The smallest absolute Gasteiger partial charge is 0.138 e. The summed E-state index contributed by atoms with van der Waals surface area (Å²) in [6.07, 6.45) is 0. The second-order valence-electron chi connectivity index (χ2n) is 3.20. The maximum Gasteiger partial charge on any atom is 0.138 e. The summed E-state index contributed by atoms with van der Waals surface area (Å²) < 4.78 is 13.5. The molecule has 0 bridgehead atoms. The molecule has 0 aliphatic heterocycles. The van der Waals surface area contributed by atoms with Crippen molar-refractivity contribution in [1.82, 2.24) is 0 Å². The Morgan fingerprint density at radius 2 is 1.69 bits per heavy atom. The molecule has 0 aliphatic rings. The summed E-state index contributed by atoms with van der Waals surface area (Å²) >= 11 is 1.10. The number of halogens is 1. The van der Waals surface area contributed by atoms with Crippen molar-refractivity contribution in [3.63, 3.8) is 0 Å². The summed E-state index contributed by atoms with van der Waals surface area (Å²) in [5.41, 5.74) is 1.40. The fourth-order valence-electron chi connectivity index (χ4n) is 1.45. The average molecular weight is 229 g/mol. The van der Waals surface area contributed by atoms with Gasteiger partial charge < -0.3 is 0 Å². The Hall–Kier alpha value is -1.79. The summed E-state index contributed by atoms with van der Waals surface area (Å²) in [4.78, 5) is 0.864. The predicted octanol–water partition coefficient (Wildman–Crippen LogP) is 4.07. The zero-order valence-electron chi connectivity index (χ0n) is 8.35. The van der Waals surface area contributed by atoms with Crippen molar-refractivity contribution < 1.29 is 4.39 Å². The molecule has 0 amide bonds. The first-order chi connectivity index (χ1) is 7.81. The normalized spacial score (nSPS) is 9.75. The van der Waals surface area contributed by atoms with Gasteiger partial charge in [-0.3, -0.25) is 0 Å². The van der Waals surface area contributed by atoms with Gasteiger partial charge in [-0.15, -0.1) is 0 Å². The lowest BCUT2D eigenvalue weighted by molar-refractivity contribution is 0.631. The molecule has 0 atom stereocenters. The van der Waals surface area contributed by atoms with E-state index in [4.69, 9.17) is 5.26 Å². The van der Waals surface area contributed by atoms with Gasteiger partial charge in [0.25, 0.3) is 0 Å². The maximum atomic E-state index is 13.5. The van der Waals surface area contributed by atoms with Crippen LogP contribution in [0, 0.1) is 16.5 Å². The van der Waals surface area contributed by atoms with Crippen molar-refractivity contribution in [2.24, 2.45) is 0 Å². The number of nitrogens with zero attached hydrogens (tertiary/aromatic N) is 1. The highest BCUT2D eigenvalue weighted by Gasteiger charge is 2.03. The topological polar surface area (TPSA) is 23.8 Å². The van der Waals surface area contributed by atoms with Crippen LogP contribution in [0.4, 0.5) is 4.39 Å². The highest BCUT2D eigenvalue weighted by Crippen LogP contribution is 2.25. The van der Waals surface area contributed by atoms with Crippen LogP contribution in [0.25, 0.3) is 11.1 Å². The molecule has 2 aromatic carbocycles. The number of thioether (sulfide) groups is 1. The van der Waals surface area contributed by atoms with Gasteiger partial charge in [-0.05, 0) is 35.5 Å². The van der Waals surface area contributed by atoms with Crippen LogP contribution in [0.5, 0.6) is 0 Å². The highest BCUT2D eigenvalue weighted by atomic mass is 32.2. The maximum absolute atomic E-state index is 13.5. The third kappa shape index (κ3) is 2.23. The first-order valence-corrected chi connectivity index (χ1v) is 5.54. The molecule has 0 aromatic heterocycles. The van der Waals surface area contributed by atoms with Gasteiger partial charge in [-0.1, -0.05) is 30.3 Å². The Labute approximate surface area is 97.5 Å². The summed E-state index contributed by atoms with van der Waals surface area (Å²) in [6, 6.07) is 13.9. The minimum atomic E-state index is -0.233. The van der Waals surface area contributed by atoms with E-state index in [1.165, 1.54) is 6.07 Å². The summed E-state index contributed by atoms with van der Waals surface area (Å²) in [5, 5.41) is 10.5. The van der Waals surface area contributed by atoms with Crippen molar-refractivity contribution in [3.05, 3.63) is 54.3 Å². The van der Waals surface area contributed by atoms with E-state index in [9.17, 15) is 4.39 Å². The molecule has 0 N–H and O–H groups in total. The zero-order chi connectivity index (χ0) is 11.4. The minimum Gasteiger partial charge on any atom is -0.206 e. The van der Waals surface area contributed by atoms with E-state index in [2.05, 4.69) is 0 Å². The fraction of sp³-hybridized carbons (Fsp3) is 0. The van der Waals surface area contributed by atoms with Crippen molar-refractivity contribution in [2.75, 3.05) is 0 Å². The molecule has 0 fully saturated rings. The van der Waals surface area contributed by atoms with Crippen LogP contribution < -0.4 is 0 Å². The molecular weight excluding hydrogens is 221 g/mol. The summed E-state index contributed by atoms with van der Waals surface area (Å²) in [6.45, 7) is 0. The minimum absolute atomic E-state index is 0.233. The summed E-state index contributed by atoms with van der Waals surface area (Å²) in [7, 11) is 0. The first-order valence-electron chi connectivity index (χ1n) is 4.72. The number of hydrogen-bond donors (Lipinski definition) is 0. The zero-order valence-corrected chi connectivity index (χ0v) is 9.17. The quantitative estimate of drug-likeness (QED) is 0.572. The molecule has 3 heteroatoms. The lowest BCUT2D eigenvalue weighted by Crippen LogP contribution is -1.82. The second-order valence-corrected chi connectivity index (χ2v) is 4.06. The van der Waals surface area contributed by atoms with Crippen molar-refractivity contribution in [2.45, 2.75) is 4.90 Å². The van der Waals surface area contributed by atoms with E-state index in [1.54, 1.807) is 18.2 Å². The molecule has 0 unspecified atom stereocenters. The molecule has 1 nitrogen and oxygen atoms in total. The number of rotatable bonds is 2. The number of thiocyanates is 1. The van der Waals surface area contributed by atoms with Gasteiger partial charge in [0.05, 0.1) is 0 Å². The Bertz CT molecular complexity index is 528. The third-order valence-electron chi connectivity index (χ3n) is 2.20. The van der Waals surface area contributed by atoms with Gasteiger partial charge in [0.1, 0.15) is 11.2 Å². The van der Waals surface area contributed by atoms with Crippen LogP contribution in [-0.2, 0) is 0 Å². The lowest BCUT2D eigenvalue weighted by Gasteiger charge is -2.03. The molecular formula is C13H8FNS. The molecule has 0 saturated carbocycles. The largest absolute Gasteiger partial charge is 0.206 e. The number of hydrogen-bond acceptors (Lipinski definition) is 2. The molecule has 0 spiro atoms. The standard InChI is InChI=1S/C13H8FNS/c14-13-4-2-1-3-12(13)10-5-7-11(8-6-10)16-9-15/h1-8H. The van der Waals surface area contributed by atoms with Gasteiger partial charge in [0, 0.05) is 10.5 Å². The van der Waals surface area contributed by atoms with E-state index in [1.807, 2.05) is 29.7 Å². The molecule has 2 rings (SSSR count). The van der Waals surface area contributed by atoms with Gasteiger partial charge in [0.2, 0.25) is 0 Å². The van der Waals surface area contributed by atoms with Crippen molar-refractivity contribution in [3.8, 4) is 16.5 Å². The molecule has 0 aliphatic carbocycles. The Kier molecular flexibility index (Phi) is 3.23. The van der Waals surface area contributed by atoms with Crippen LogP contribution in [0.3, 0.4) is 0 Å². The number of nitriles is 1. The Balaban J connectivity index is 2.36. The van der Waals surface area contributed by atoms with E-state index in [-0.39, 0.29) is 5.82 Å². The molecule has 0 heterocycles. The van der Waals surface area contributed by atoms with E-state index in [0.717, 1.165) is 22.2 Å². The Morgan fingerprint density at radius 1 is 1.00 bits per heavy atom. The SMILES string of the molecule is N#CSc1ccc(-c2ccccc2F)cc1. The Morgan fingerprint density at radius 3 is 2.31 bits per heavy atom. The van der Waals surface area contributed by atoms with Crippen LogP contribution in [0.15, 0.2) is 53.4 Å². The van der Waals surface area contributed by atoms with Crippen LogP contribution >= 0.6 is 11.8 Å². The van der Waals surface area contributed by atoms with Gasteiger partial charge >= 0.3 is 0 Å². The average Bonchev–Trinajstić information content (AvgIpc) is 2.31. The molecule has 2 aromatic rings. The predicted molar refractivity (Wildman–Crippen MR) is 63.3 cm³/mol. The van der Waals surface area contributed by atoms with Gasteiger partial charge in [-0.25, -0.2) is 4.39 Å². The van der Waals surface area contributed by atoms with Crippen LogP contribution in [0.2, 0.25) is 0 Å². The monoisotopic (exact) mass is 229 g/mol. The van der Waals surface area contributed by atoms with Gasteiger partial charge in [0.15, 0.2) is 0 Å². The van der Waals surface area contributed by atoms with E-state index in [0.29, 0.717) is 5.56 Å².